The quantitative estimate of drug-likeness (QED) is 0.670. The molecule has 0 aliphatic carbocycles. The van der Waals surface area contributed by atoms with Crippen molar-refractivity contribution in [3.63, 3.8) is 0 Å². The first-order valence-corrected chi connectivity index (χ1v) is 6.43. The van der Waals surface area contributed by atoms with E-state index in [4.69, 9.17) is 0 Å². The molecule has 0 saturated carbocycles. The van der Waals surface area contributed by atoms with Crippen LogP contribution in [-0.2, 0) is 0 Å². The molecule has 1 heterocycles. The summed E-state index contributed by atoms with van der Waals surface area (Å²) < 4.78 is 0. The summed E-state index contributed by atoms with van der Waals surface area (Å²) in [5, 5.41) is 14.1. The summed E-state index contributed by atoms with van der Waals surface area (Å²) in [5.74, 6) is 0. The van der Waals surface area contributed by atoms with E-state index in [1.165, 1.54) is 0 Å². The van der Waals surface area contributed by atoms with Crippen molar-refractivity contribution in [3.8, 4) is 0 Å². The first kappa shape index (κ1) is 14.0. The normalized spacial score (nSPS) is 11.9. The molecular formula is C15H17N3O2. The number of hydrogen-bond acceptors (Lipinski definition) is 4. The number of nitrogens with one attached hydrogen (secondary N) is 1. The molecule has 0 aliphatic heterocycles. The van der Waals surface area contributed by atoms with Crippen molar-refractivity contribution in [3.05, 3.63) is 69.5 Å². The van der Waals surface area contributed by atoms with Gasteiger partial charge in [0.1, 0.15) is 6.04 Å². The van der Waals surface area contributed by atoms with Gasteiger partial charge in [0.25, 0.3) is 0 Å². The van der Waals surface area contributed by atoms with Gasteiger partial charge in [-0.15, -0.1) is 0 Å². The third-order valence-electron chi connectivity index (χ3n) is 3.31. The maximum atomic E-state index is 10.9. The number of nitro groups is 1. The number of aryl methyl sites for hydroxylation is 1. The van der Waals surface area contributed by atoms with Crippen molar-refractivity contribution in [1.29, 1.82) is 0 Å². The van der Waals surface area contributed by atoms with Crippen LogP contribution in [-0.4, -0.2) is 16.5 Å². The molecule has 0 fully saturated rings. The zero-order valence-corrected chi connectivity index (χ0v) is 11.5. The van der Waals surface area contributed by atoms with E-state index in [0.717, 1.165) is 16.8 Å². The summed E-state index contributed by atoms with van der Waals surface area (Å²) in [6, 6.07) is 10.9. The van der Waals surface area contributed by atoms with Crippen LogP contribution < -0.4 is 5.32 Å². The van der Waals surface area contributed by atoms with Crippen LogP contribution >= 0.6 is 0 Å². The van der Waals surface area contributed by atoms with Gasteiger partial charge < -0.3 is 5.32 Å². The van der Waals surface area contributed by atoms with Crippen molar-refractivity contribution < 1.29 is 4.92 Å². The van der Waals surface area contributed by atoms with Crippen LogP contribution in [0.5, 0.6) is 0 Å². The minimum atomic E-state index is -0.438. The van der Waals surface area contributed by atoms with Crippen molar-refractivity contribution in [2.45, 2.75) is 19.9 Å². The lowest BCUT2D eigenvalue weighted by atomic mass is 10.1. The molecule has 0 amide bonds. The third kappa shape index (κ3) is 3.32. The van der Waals surface area contributed by atoms with Crippen molar-refractivity contribution in [2.24, 2.45) is 0 Å². The lowest BCUT2D eigenvalue weighted by Crippen LogP contribution is -2.21. The summed E-state index contributed by atoms with van der Waals surface area (Å²) in [5.41, 5.74) is 3.82. The number of anilines is 1. The number of aromatic nitrogens is 1. The van der Waals surface area contributed by atoms with E-state index in [9.17, 15) is 10.1 Å². The molecule has 0 aliphatic rings. The summed E-state index contributed by atoms with van der Waals surface area (Å²) >= 11 is 0. The number of benzene rings is 1. The van der Waals surface area contributed by atoms with E-state index in [1.807, 2.05) is 38.1 Å². The Bertz CT molecular complexity index is 599. The van der Waals surface area contributed by atoms with Gasteiger partial charge in [-0.3, -0.25) is 15.1 Å². The van der Waals surface area contributed by atoms with Crippen LogP contribution in [0.3, 0.4) is 0 Å². The van der Waals surface area contributed by atoms with E-state index in [-0.39, 0.29) is 11.5 Å². The molecule has 0 radical (unpaired) electrons. The predicted molar refractivity (Wildman–Crippen MR) is 78.4 cm³/mol. The standard InChI is InChI=1S/C15H17N3O2/c1-11-6-5-8-13(12(11)2)17-15(10-18(19)20)14-7-3-4-9-16-14/h3-9,15,17H,10H2,1-2H3. The van der Waals surface area contributed by atoms with Gasteiger partial charge in [0.2, 0.25) is 6.54 Å². The Balaban J connectivity index is 2.29. The maximum absolute atomic E-state index is 10.9. The first-order valence-electron chi connectivity index (χ1n) is 6.43. The highest BCUT2D eigenvalue weighted by Gasteiger charge is 2.19. The van der Waals surface area contributed by atoms with Crippen molar-refractivity contribution >= 4 is 5.69 Å². The Hall–Kier alpha value is -2.43. The molecule has 1 N–H and O–H groups in total. The largest absolute Gasteiger partial charge is 0.371 e. The Kier molecular flexibility index (Phi) is 4.30. The van der Waals surface area contributed by atoms with Crippen molar-refractivity contribution in [1.82, 2.24) is 4.98 Å². The molecule has 1 aromatic heterocycles. The molecule has 2 aromatic rings. The minimum absolute atomic E-state index is 0.204. The highest BCUT2D eigenvalue weighted by molar-refractivity contribution is 5.54. The molecule has 2 rings (SSSR count). The van der Waals surface area contributed by atoms with Gasteiger partial charge in [0.05, 0.1) is 5.69 Å². The SMILES string of the molecule is Cc1cccc(NC(C[N+](=O)[O-])c2ccccn2)c1C. The molecule has 0 bridgehead atoms. The topological polar surface area (TPSA) is 68.1 Å². The van der Waals surface area contributed by atoms with Crippen LogP contribution in [0.2, 0.25) is 0 Å². The molecule has 5 nitrogen and oxygen atoms in total. The Morgan fingerprint density at radius 3 is 2.70 bits per heavy atom. The Labute approximate surface area is 117 Å². The molecule has 0 saturated heterocycles. The summed E-state index contributed by atoms with van der Waals surface area (Å²) in [6.07, 6.45) is 1.65. The average molecular weight is 271 g/mol. The summed E-state index contributed by atoms with van der Waals surface area (Å²) in [7, 11) is 0. The van der Waals surface area contributed by atoms with Gasteiger partial charge >= 0.3 is 0 Å². The first-order chi connectivity index (χ1) is 9.58. The van der Waals surface area contributed by atoms with Crippen LogP contribution in [0, 0.1) is 24.0 Å². The lowest BCUT2D eigenvalue weighted by molar-refractivity contribution is -0.482. The molecular weight excluding hydrogens is 254 g/mol. The molecule has 1 atom stereocenters. The summed E-state index contributed by atoms with van der Waals surface area (Å²) in [6.45, 7) is 3.81. The van der Waals surface area contributed by atoms with Gasteiger partial charge in [-0.1, -0.05) is 18.2 Å². The molecule has 20 heavy (non-hydrogen) atoms. The second kappa shape index (κ2) is 6.14. The van der Waals surface area contributed by atoms with Crippen molar-refractivity contribution in [2.75, 3.05) is 11.9 Å². The van der Waals surface area contributed by atoms with E-state index in [1.54, 1.807) is 18.3 Å². The van der Waals surface area contributed by atoms with Gasteiger partial charge in [-0.2, -0.15) is 0 Å². The number of hydrogen-bond donors (Lipinski definition) is 1. The molecule has 1 aromatic carbocycles. The fourth-order valence-corrected chi connectivity index (χ4v) is 2.04. The fraction of sp³-hybridized carbons (Fsp3) is 0.267. The Morgan fingerprint density at radius 1 is 1.25 bits per heavy atom. The average Bonchev–Trinajstić information content (AvgIpc) is 2.43. The molecule has 104 valence electrons. The molecule has 1 unspecified atom stereocenters. The zero-order valence-electron chi connectivity index (χ0n) is 11.5. The van der Waals surface area contributed by atoms with Crippen LogP contribution in [0.1, 0.15) is 22.9 Å². The van der Waals surface area contributed by atoms with E-state index in [2.05, 4.69) is 10.3 Å². The monoisotopic (exact) mass is 271 g/mol. The van der Waals surface area contributed by atoms with Crippen LogP contribution in [0.4, 0.5) is 5.69 Å². The number of rotatable bonds is 5. The summed E-state index contributed by atoms with van der Waals surface area (Å²) in [4.78, 5) is 14.8. The Morgan fingerprint density at radius 2 is 2.05 bits per heavy atom. The van der Waals surface area contributed by atoms with E-state index >= 15 is 0 Å². The minimum Gasteiger partial charge on any atom is -0.371 e. The van der Waals surface area contributed by atoms with E-state index < -0.39 is 6.04 Å². The van der Waals surface area contributed by atoms with Gasteiger partial charge in [-0.25, -0.2) is 0 Å². The van der Waals surface area contributed by atoms with Gasteiger partial charge in [0, 0.05) is 16.8 Å². The lowest BCUT2D eigenvalue weighted by Gasteiger charge is -2.18. The molecule has 0 spiro atoms. The second-order valence-electron chi connectivity index (χ2n) is 4.71. The number of pyridine rings is 1. The molecule has 5 heteroatoms. The third-order valence-corrected chi connectivity index (χ3v) is 3.31. The zero-order chi connectivity index (χ0) is 14.5. The van der Waals surface area contributed by atoms with Crippen LogP contribution in [0.15, 0.2) is 42.6 Å². The maximum Gasteiger partial charge on any atom is 0.229 e. The highest BCUT2D eigenvalue weighted by atomic mass is 16.6. The highest BCUT2D eigenvalue weighted by Crippen LogP contribution is 2.23. The van der Waals surface area contributed by atoms with E-state index in [0.29, 0.717) is 5.69 Å². The smallest absolute Gasteiger partial charge is 0.229 e. The second-order valence-corrected chi connectivity index (χ2v) is 4.71. The van der Waals surface area contributed by atoms with Gasteiger partial charge in [0.15, 0.2) is 0 Å². The number of nitrogens with zero attached hydrogens (tertiary/aromatic N) is 2. The van der Waals surface area contributed by atoms with Gasteiger partial charge in [-0.05, 0) is 43.2 Å². The fourth-order valence-electron chi connectivity index (χ4n) is 2.04. The predicted octanol–water partition coefficient (Wildman–Crippen LogP) is 3.13. The van der Waals surface area contributed by atoms with Crippen LogP contribution in [0.25, 0.3) is 0 Å².